The van der Waals surface area contributed by atoms with Gasteiger partial charge >= 0.3 is 0 Å². The van der Waals surface area contributed by atoms with Gasteiger partial charge in [0.05, 0.1) is 12.7 Å². The molecule has 0 N–H and O–H groups in total. The highest BCUT2D eigenvalue weighted by molar-refractivity contribution is 7.99. The minimum Gasteiger partial charge on any atom is -0.497 e. The second-order valence-corrected chi connectivity index (χ2v) is 7.84. The van der Waals surface area contributed by atoms with Crippen LogP contribution in [0.2, 0.25) is 0 Å². The Labute approximate surface area is 168 Å². The molecule has 0 saturated carbocycles. The summed E-state index contributed by atoms with van der Waals surface area (Å²) in [5.74, 6) is 2.73. The first kappa shape index (κ1) is 18.6. The van der Waals surface area contributed by atoms with Gasteiger partial charge in [-0.15, -0.1) is 0 Å². The number of aryl methyl sites for hydroxylation is 1. The lowest BCUT2D eigenvalue weighted by atomic mass is 10.1. The molecule has 0 amide bonds. The summed E-state index contributed by atoms with van der Waals surface area (Å²) < 4.78 is 13.0. The topological polar surface area (TPSA) is 53.4 Å². The molecular weight excluding hydrogens is 372 g/mol. The summed E-state index contributed by atoms with van der Waals surface area (Å²) in [5.41, 5.74) is 2.83. The maximum absolute atomic E-state index is 13.2. The molecule has 5 nitrogen and oxygen atoms in total. The van der Waals surface area contributed by atoms with Gasteiger partial charge in [-0.2, -0.15) is 4.98 Å². The molecule has 0 fully saturated rings. The van der Waals surface area contributed by atoms with E-state index in [1.165, 1.54) is 5.56 Å². The highest BCUT2D eigenvalue weighted by Gasteiger charge is 2.21. The SMILES string of the molecule is COc1ccc(Oc2nc3n(c(=O)c2Cc2ccc(C)cc2)CCCS3)cc1. The summed E-state index contributed by atoms with van der Waals surface area (Å²) in [4.78, 5) is 17.9. The van der Waals surface area contributed by atoms with E-state index < -0.39 is 0 Å². The predicted octanol–water partition coefficient (Wildman–Crippen LogP) is 4.44. The smallest absolute Gasteiger partial charge is 0.261 e. The molecule has 4 rings (SSSR count). The number of aromatic nitrogens is 2. The van der Waals surface area contributed by atoms with Crippen LogP contribution in [0.4, 0.5) is 0 Å². The minimum absolute atomic E-state index is 0.0127. The Morgan fingerprint density at radius 2 is 1.79 bits per heavy atom. The van der Waals surface area contributed by atoms with E-state index in [2.05, 4.69) is 19.1 Å². The zero-order valence-electron chi connectivity index (χ0n) is 16.0. The van der Waals surface area contributed by atoms with E-state index in [4.69, 9.17) is 14.5 Å². The van der Waals surface area contributed by atoms with Gasteiger partial charge in [0.1, 0.15) is 11.5 Å². The third-order valence-electron chi connectivity index (χ3n) is 4.72. The third-order valence-corrected chi connectivity index (χ3v) is 5.78. The molecule has 0 unspecified atom stereocenters. The number of nitrogens with zero attached hydrogens (tertiary/aromatic N) is 2. The minimum atomic E-state index is -0.0127. The van der Waals surface area contributed by atoms with Crippen molar-refractivity contribution in [2.75, 3.05) is 12.9 Å². The Morgan fingerprint density at radius 1 is 1.07 bits per heavy atom. The summed E-state index contributed by atoms with van der Waals surface area (Å²) in [7, 11) is 1.62. The highest BCUT2D eigenvalue weighted by Crippen LogP contribution is 2.29. The van der Waals surface area contributed by atoms with Crippen LogP contribution in [-0.2, 0) is 13.0 Å². The fourth-order valence-corrected chi connectivity index (χ4v) is 4.08. The fourth-order valence-electron chi connectivity index (χ4n) is 3.15. The van der Waals surface area contributed by atoms with Crippen LogP contribution in [0.1, 0.15) is 23.1 Å². The van der Waals surface area contributed by atoms with Gasteiger partial charge in [-0.25, -0.2) is 0 Å². The van der Waals surface area contributed by atoms with Crippen molar-refractivity contribution < 1.29 is 9.47 Å². The Balaban J connectivity index is 1.74. The zero-order valence-corrected chi connectivity index (χ0v) is 16.8. The van der Waals surface area contributed by atoms with E-state index in [1.807, 2.05) is 36.4 Å². The van der Waals surface area contributed by atoms with Crippen LogP contribution < -0.4 is 15.0 Å². The second kappa shape index (κ2) is 8.10. The van der Waals surface area contributed by atoms with Crippen molar-refractivity contribution in [3.05, 3.63) is 75.6 Å². The van der Waals surface area contributed by atoms with Crippen LogP contribution in [-0.4, -0.2) is 22.4 Å². The van der Waals surface area contributed by atoms with Crippen LogP contribution in [0.3, 0.4) is 0 Å². The zero-order chi connectivity index (χ0) is 19.5. The normalized spacial score (nSPS) is 13.1. The van der Waals surface area contributed by atoms with Crippen LogP contribution in [0.5, 0.6) is 17.4 Å². The molecule has 0 saturated heterocycles. The van der Waals surface area contributed by atoms with E-state index >= 15 is 0 Å². The third kappa shape index (κ3) is 3.92. The largest absolute Gasteiger partial charge is 0.497 e. The van der Waals surface area contributed by atoms with Gasteiger partial charge in [-0.3, -0.25) is 9.36 Å². The summed E-state index contributed by atoms with van der Waals surface area (Å²) in [6, 6.07) is 15.5. The first-order valence-electron chi connectivity index (χ1n) is 9.28. The molecule has 6 heteroatoms. The van der Waals surface area contributed by atoms with Gasteiger partial charge in [0.15, 0.2) is 5.16 Å². The van der Waals surface area contributed by atoms with Gasteiger partial charge in [-0.05, 0) is 43.2 Å². The quantitative estimate of drug-likeness (QED) is 0.599. The van der Waals surface area contributed by atoms with Crippen LogP contribution >= 0.6 is 11.8 Å². The first-order valence-corrected chi connectivity index (χ1v) is 10.3. The maximum atomic E-state index is 13.2. The Morgan fingerprint density at radius 3 is 2.50 bits per heavy atom. The average molecular weight is 394 g/mol. The predicted molar refractivity (Wildman–Crippen MR) is 111 cm³/mol. The maximum Gasteiger partial charge on any atom is 0.261 e. The molecule has 1 aliphatic heterocycles. The lowest BCUT2D eigenvalue weighted by molar-refractivity contribution is 0.409. The lowest BCUT2D eigenvalue weighted by Gasteiger charge is -2.20. The molecule has 1 aliphatic rings. The molecule has 0 atom stereocenters. The molecule has 3 aromatic rings. The van der Waals surface area contributed by atoms with E-state index in [0.29, 0.717) is 30.2 Å². The summed E-state index contributed by atoms with van der Waals surface area (Å²) in [6.07, 6.45) is 1.46. The Kier molecular flexibility index (Phi) is 5.39. The summed E-state index contributed by atoms with van der Waals surface area (Å²) >= 11 is 1.60. The van der Waals surface area contributed by atoms with Crippen LogP contribution in [0, 0.1) is 6.92 Å². The number of fused-ring (bicyclic) bond motifs is 1. The molecule has 1 aromatic heterocycles. The number of hydrogen-bond acceptors (Lipinski definition) is 5. The molecule has 0 radical (unpaired) electrons. The molecule has 28 heavy (non-hydrogen) atoms. The molecule has 144 valence electrons. The van der Waals surface area contributed by atoms with Crippen molar-refractivity contribution in [2.24, 2.45) is 0 Å². The highest BCUT2D eigenvalue weighted by atomic mass is 32.2. The van der Waals surface area contributed by atoms with E-state index in [-0.39, 0.29) is 5.56 Å². The van der Waals surface area contributed by atoms with E-state index in [1.54, 1.807) is 23.4 Å². The van der Waals surface area contributed by atoms with Crippen LogP contribution in [0.15, 0.2) is 58.5 Å². The van der Waals surface area contributed by atoms with Crippen molar-refractivity contribution in [3.8, 4) is 17.4 Å². The van der Waals surface area contributed by atoms with Crippen molar-refractivity contribution in [3.63, 3.8) is 0 Å². The van der Waals surface area contributed by atoms with Crippen molar-refractivity contribution >= 4 is 11.8 Å². The standard InChI is InChI=1S/C22H22N2O3S/c1-15-4-6-16(7-5-15)14-19-20(27-18-10-8-17(26-2)9-11-18)23-22-24(21(19)25)12-3-13-28-22/h4-11H,3,12-14H2,1-2H3. The summed E-state index contributed by atoms with van der Waals surface area (Å²) in [5, 5.41) is 0.729. The molecule has 0 bridgehead atoms. The van der Waals surface area contributed by atoms with Gasteiger partial charge in [0.2, 0.25) is 5.88 Å². The molecular formula is C22H22N2O3S. The van der Waals surface area contributed by atoms with Crippen molar-refractivity contribution in [1.82, 2.24) is 9.55 Å². The number of thioether (sulfide) groups is 1. The van der Waals surface area contributed by atoms with Gasteiger partial charge in [-0.1, -0.05) is 41.6 Å². The number of hydrogen-bond donors (Lipinski definition) is 0. The average Bonchev–Trinajstić information content (AvgIpc) is 2.73. The van der Waals surface area contributed by atoms with Crippen LogP contribution in [0.25, 0.3) is 0 Å². The van der Waals surface area contributed by atoms with E-state index in [9.17, 15) is 4.79 Å². The Bertz CT molecular complexity index is 1030. The fraction of sp³-hybridized carbons (Fsp3) is 0.273. The van der Waals surface area contributed by atoms with Crippen molar-refractivity contribution in [1.29, 1.82) is 0 Å². The van der Waals surface area contributed by atoms with Crippen molar-refractivity contribution in [2.45, 2.75) is 31.5 Å². The Hall–Kier alpha value is -2.73. The molecule has 2 aromatic carbocycles. The molecule has 0 aliphatic carbocycles. The number of methoxy groups -OCH3 is 1. The summed E-state index contributed by atoms with van der Waals surface area (Å²) in [6.45, 7) is 2.76. The molecule has 0 spiro atoms. The monoisotopic (exact) mass is 394 g/mol. The number of rotatable bonds is 5. The van der Waals surface area contributed by atoms with E-state index in [0.717, 1.165) is 28.6 Å². The molecule has 2 heterocycles. The van der Waals surface area contributed by atoms with Gasteiger partial charge < -0.3 is 9.47 Å². The number of benzene rings is 2. The lowest BCUT2D eigenvalue weighted by Crippen LogP contribution is -2.29. The first-order chi connectivity index (χ1) is 13.6. The van der Waals surface area contributed by atoms with Gasteiger partial charge in [0, 0.05) is 18.7 Å². The second-order valence-electron chi connectivity index (χ2n) is 6.78. The number of ether oxygens (including phenoxy) is 2. The van der Waals surface area contributed by atoms with Gasteiger partial charge in [0.25, 0.3) is 5.56 Å².